The maximum Gasteiger partial charge on any atom is 0.251 e. The number of sulfonamides is 1. The number of fused-ring (bicyclic) bond motifs is 1. The molecule has 0 radical (unpaired) electrons. The first-order valence-electron chi connectivity index (χ1n) is 8.07. The highest BCUT2D eigenvalue weighted by Crippen LogP contribution is 2.30. The van der Waals surface area contributed by atoms with E-state index in [1.165, 1.54) is 0 Å². The van der Waals surface area contributed by atoms with E-state index in [0.29, 0.717) is 34.9 Å². The summed E-state index contributed by atoms with van der Waals surface area (Å²) in [7, 11) is -3.42. The van der Waals surface area contributed by atoms with Crippen LogP contribution in [0, 0.1) is 6.92 Å². The minimum atomic E-state index is -3.42. The van der Waals surface area contributed by atoms with Gasteiger partial charge in [0, 0.05) is 5.56 Å². The van der Waals surface area contributed by atoms with Gasteiger partial charge in [-0.1, -0.05) is 18.2 Å². The molecule has 2 N–H and O–H groups in total. The van der Waals surface area contributed by atoms with E-state index in [0.717, 1.165) is 6.26 Å². The number of carbonyl (C=O) groups excluding carboxylic acids is 1. The number of para-hydroxylation sites is 2. The van der Waals surface area contributed by atoms with Crippen LogP contribution < -0.4 is 19.5 Å². The lowest BCUT2D eigenvalue weighted by atomic mass is 10.1. The molecule has 8 heteroatoms. The van der Waals surface area contributed by atoms with Gasteiger partial charge in [-0.05, 0) is 36.8 Å². The lowest BCUT2D eigenvalue weighted by Gasteiger charge is -2.26. The lowest BCUT2D eigenvalue weighted by Crippen LogP contribution is -2.40. The second-order valence-electron chi connectivity index (χ2n) is 6.06. The molecule has 26 heavy (non-hydrogen) atoms. The third kappa shape index (κ3) is 4.26. The van der Waals surface area contributed by atoms with Crippen molar-refractivity contribution in [2.24, 2.45) is 0 Å². The Morgan fingerprint density at radius 2 is 1.88 bits per heavy atom. The van der Waals surface area contributed by atoms with Crippen LogP contribution in [-0.4, -0.2) is 39.8 Å². The molecule has 0 bridgehead atoms. The van der Waals surface area contributed by atoms with E-state index in [2.05, 4.69) is 10.0 Å². The Morgan fingerprint density at radius 1 is 1.15 bits per heavy atom. The van der Waals surface area contributed by atoms with Crippen LogP contribution in [0.25, 0.3) is 0 Å². The second kappa shape index (κ2) is 7.25. The fraction of sp³-hybridized carbons (Fsp3) is 0.278. The Hall–Kier alpha value is -2.74. The van der Waals surface area contributed by atoms with E-state index in [1.54, 1.807) is 25.1 Å². The van der Waals surface area contributed by atoms with Gasteiger partial charge in [0.1, 0.15) is 12.7 Å². The van der Waals surface area contributed by atoms with Gasteiger partial charge < -0.3 is 14.8 Å². The molecule has 0 fully saturated rings. The fourth-order valence-corrected chi connectivity index (χ4v) is 3.28. The third-order valence-electron chi connectivity index (χ3n) is 3.93. The van der Waals surface area contributed by atoms with Crippen LogP contribution >= 0.6 is 0 Å². The fourth-order valence-electron chi connectivity index (χ4n) is 2.66. The summed E-state index contributed by atoms with van der Waals surface area (Å²) in [6, 6.07) is 12.2. The van der Waals surface area contributed by atoms with Crippen LogP contribution in [-0.2, 0) is 10.0 Å². The summed E-state index contributed by atoms with van der Waals surface area (Å²) < 4.78 is 36.7. The molecular weight excluding hydrogens is 356 g/mol. The molecule has 0 aromatic heterocycles. The van der Waals surface area contributed by atoms with Gasteiger partial charge >= 0.3 is 0 Å². The summed E-state index contributed by atoms with van der Waals surface area (Å²) in [6.07, 6.45) is 0.767. The van der Waals surface area contributed by atoms with Gasteiger partial charge in [0.15, 0.2) is 11.5 Å². The van der Waals surface area contributed by atoms with Crippen molar-refractivity contribution in [3.05, 3.63) is 53.6 Å². The Bertz CT molecular complexity index is 927. The second-order valence-corrected chi connectivity index (χ2v) is 7.81. The van der Waals surface area contributed by atoms with Crippen molar-refractivity contribution in [2.45, 2.75) is 13.0 Å². The predicted octanol–water partition coefficient (Wildman–Crippen LogP) is 1.94. The number of rotatable bonds is 5. The standard InChI is InChI=1S/C18H20N2O5S/c1-12-14(6-5-7-15(12)20-26(2,22)23)18(21)19-10-13-11-24-16-8-3-4-9-17(16)25-13/h3-9,13,20H,10-11H2,1-2H3,(H,19,21)/t13-/m0/s1. The van der Waals surface area contributed by atoms with Gasteiger partial charge in [0.2, 0.25) is 10.0 Å². The first-order valence-corrected chi connectivity index (χ1v) is 9.97. The van der Waals surface area contributed by atoms with E-state index >= 15 is 0 Å². The zero-order chi connectivity index (χ0) is 18.7. The molecule has 1 aliphatic rings. The van der Waals surface area contributed by atoms with Crippen LogP contribution in [0.15, 0.2) is 42.5 Å². The lowest BCUT2D eigenvalue weighted by molar-refractivity contribution is 0.0789. The molecule has 2 aromatic rings. The topological polar surface area (TPSA) is 93.7 Å². The molecule has 0 saturated heterocycles. The van der Waals surface area contributed by atoms with Gasteiger partial charge in [0.05, 0.1) is 18.5 Å². The molecule has 7 nitrogen and oxygen atoms in total. The van der Waals surface area contributed by atoms with Gasteiger partial charge in [0.25, 0.3) is 5.91 Å². The summed E-state index contributed by atoms with van der Waals surface area (Å²) in [4.78, 5) is 12.5. The molecule has 1 atom stereocenters. The number of benzene rings is 2. The summed E-state index contributed by atoms with van der Waals surface area (Å²) in [5.74, 6) is 1.03. The first-order chi connectivity index (χ1) is 12.3. The maximum atomic E-state index is 12.5. The molecule has 0 spiro atoms. The number of amides is 1. The maximum absolute atomic E-state index is 12.5. The highest BCUT2D eigenvalue weighted by atomic mass is 32.2. The molecule has 1 heterocycles. The average Bonchev–Trinajstić information content (AvgIpc) is 2.60. The van der Waals surface area contributed by atoms with Crippen LogP contribution in [0.5, 0.6) is 11.5 Å². The van der Waals surface area contributed by atoms with Crippen LogP contribution in [0.3, 0.4) is 0 Å². The Kier molecular flexibility index (Phi) is 5.03. The molecule has 1 aliphatic heterocycles. The minimum absolute atomic E-state index is 0.274. The van der Waals surface area contributed by atoms with E-state index in [1.807, 2.05) is 24.3 Å². The van der Waals surface area contributed by atoms with E-state index < -0.39 is 10.0 Å². The summed E-state index contributed by atoms with van der Waals surface area (Å²) in [5, 5.41) is 2.81. The highest BCUT2D eigenvalue weighted by Gasteiger charge is 2.22. The van der Waals surface area contributed by atoms with Crippen molar-refractivity contribution in [1.29, 1.82) is 0 Å². The van der Waals surface area contributed by atoms with E-state index in [-0.39, 0.29) is 18.6 Å². The largest absolute Gasteiger partial charge is 0.486 e. The molecule has 138 valence electrons. The normalized spacial score (nSPS) is 16.0. The number of carbonyl (C=O) groups is 1. The highest BCUT2D eigenvalue weighted by molar-refractivity contribution is 7.92. The number of nitrogens with one attached hydrogen (secondary N) is 2. The van der Waals surface area contributed by atoms with Crippen LogP contribution in [0.1, 0.15) is 15.9 Å². The van der Waals surface area contributed by atoms with E-state index in [4.69, 9.17) is 9.47 Å². The Labute approximate surface area is 152 Å². The number of hydrogen-bond acceptors (Lipinski definition) is 5. The molecule has 1 amide bonds. The van der Waals surface area contributed by atoms with Crippen molar-refractivity contribution in [1.82, 2.24) is 5.32 Å². The average molecular weight is 376 g/mol. The zero-order valence-electron chi connectivity index (χ0n) is 14.5. The Balaban J connectivity index is 1.65. The van der Waals surface area contributed by atoms with Crippen molar-refractivity contribution < 1.29 is 22.7 Å². The minimum Gasteiger partial charge on any atom is -0.486 e. The molecular formula is C18H20N2O5S. The summed E-state index contributed by atoms with van der Waals surface area (Å²) in [5.41, 5.74) is 1.34. The smallest absolute Gasteiger partial charge is 0.251 e. The number of hydrogen-bond donors (Lipinski definition) is 2. The van der Waals surface area contributed by atoms with Crippen molar-refractivity contribution >= 4 is 21.6 Å². The van der Waals surface area contributed by atoms with Gasteiger partial charge in [-0.15, -0.1) is 0 Å². The van der Waals surface area contributed by atoms with Crippen LogP contribution in [0.4, 0.5) is 5.69 Å². The molecule has 2 aromatic carbocycles. The van der Waals surface area contributed by atoms with Crippen LogP contribution in [0.2, 0.25) is 0 Å². The molecule has 0 saturated carbocycles. The first kappa shape index (κ1) is 18.1. The summed E-state index contributed by atoms with van der Waals surface area (Å²) >= 11 is 0. The zero-order valence-corrected chi connectivity index (χ0v) is 15.3. The monoisotopic (exact) mass is 376 g/mol. The van der Waals surface area contributed by atoms with Gasteiger partial charge in [-0.25, -0.2) is 8.42 Å². The molecule has 0 aliphatic carbocycles. The Morgan fingerprint density at radius 3 is 2.62 bits per heavy atom. The molecule has 0 unspecified atom stereocenters. The summed E-state index contributed by atoms with van der Waals surface area (Å²) in [6.45, 7) is 2.31. The van der Waals surface area contributed by atoms with Gasteiger partial charge in [-0.3, -0.25) is 9.52 Å². The quantitative estimate of drug-likeness (QED) is 0.832. The van der Waals surface area contributed by atoms with Crippen molar-refractivity contribution in [3.8, 4) is 11.5 Å². The molecule has 3 rings (SSSR count). The third-order valence-corrected chi connectivity index (χ3v) is 4.52. The van der Waals surface area contributed by atoms with Crippen molar-refractivity contribution in [2.75, 3.05) is 24.1 Å². The van der Waals surface area contributed by atoms with Gasteiger partial charge in [-0.2, -0.15) is 0 Å². The van der Waals surface area contributed by atoms with E-state index in [9.17, 15) is 13.2 Å². The number of ether oxygens (including phenoxy) is 2. The predicted molar refractivity (Wildman–Crippen MR) is 98.3 cm³/mol. The SMILES string of the molecule is Cc1c(NS(C)(=O)=O)cccc1C(=O)NC[C@H]1COc2ccccc2O1. The number of anilines is 1. The van der Waals surface area contributed by atoms with Crippen molar-refractivity contribution in [3.63, 3.8) is 0 Å².